The van der Waals surface area contributed by atoms with Crippen molar-refractivity contribution >= 4 is 29.1 Å². The zero-order valence-electron chi connectivity index (χ0n) is 11.3. The van der Waals surface area contributed by atoms with Gasteiger partial charge in [-0.3, -0.25) is 4.79 Å². The molecule has 5 heteroatoms. The Morgan fingerprint density at radius 1 is 1.42 bits per heavy atom. The molecule has 0 radical (unpaired) electrons. The molecule has 0 fully saturated rings. The van der Waals surface area contributed by atoms with E-state index in [4.69, 9.17) is 23.2 Å². The third kappa shape index (κ3) is 4.36. The van der Waals surface area contributed by atoms with Gasteiger partial charge in [0.15, 0.2) is 0 Å². The van der Waals surface area contributed by atoms with Gasteiger partial charge in [-0.2, -0.15) is 0 Å². The van der Waals surface area contributed by atoms with Gasteiger partial charge in [-0.1, -0.05) is 38.4 Å². The SMILES string of the molecule is CC(C)(C)C(CCCl)NC(=O)c1cccc(F)c1Cl. The van der Waals surface area contributed by atoms with Crippen LogP contribution in [0.3, 0.4) is 0 Å². The van der Waals surface area contributed by atoms with E-state index in [1.165, 1.54) is 18.2 Å². The number of rotatable bonds is 4. The first-order valence-electron chi connectivity index (χ1n) is 6.08. The molecule has 19 heavy (non-hydrogen) atoms. The second-order valence-electron chi connectivity index (χ2n) is 5.47. The molecule has 2 nitrogen and oxygen atoms in total. The van der Waals surface area contributed by atoms with Gasteiger partial charge >= 0.3 is 0 Å². The molecule has 0 saturated heterocycles. The molecule has 1 atom stereocenters. The van der Waals surface area contributed by atoms with Crippen LogP contribution < -0.4 is 5.32 Å². The number of alkyl halides is 1. The minimum atomic E-state index is -0.598. The van der Waals surface area contributed by atoms with Crippen molar-refractivity contribution in [3.63, 3.8) is 0 Å². The van der Waals surface area contributed by atoms with Gasteiger partial charge in [0, 0.05) is 11.9 Å². The molecule has 0 aliphatic carbocycles. The lowest BCUT2D eigenvalue weighted by atomic mass is 9.85. The zero-order valence-corrected chi connectivity index (χ0v) is 12.8. The maximum absolute atomic E-state index is 13.3. The number of hydrogen-bond acceptors (Lipinski definition) is 1. The number of amides is 1. The van der Waals surface area contributed by atoms with Crippen molar-refractivity contribution in [2.24, 2.45) is 5.41 Å². The molecule has 0 saturated carbocycles. The van der Waals surface area contributed by atoms with E-state index in [0.29, 0.717) is 12.3 Å². The Kier molecular flexibility index (Phi) is 5.63. The molecule has 0 spiro atoms. The minimum absolute atomic E-state index is 0.100. The van der Waals surface area contributed by atoms with Crippen LogP contribution in [-0.4, -0.2) is 17.8 Å². The first-order valence-corrected chi connectivity index (χ1v) is 6.99. The van der Waals surface area contributed by atoms with Gasteiger partial charge < -0.3 is 5.32 Å². The number of carbonyl (C=O) groups excluding carboxylic acids is 1. The number of carbonyl (C=O) groups is 1. The van der Waals surface area contributed by atoms with Crippen LogP contribution in [0.1, 0.15) is 37.6 Å². The van der Waals surface area contributed by atoms with Crippen LogP contribution in [0.4, 0.5) is 4.39 Å². The van der Waals surface area contributed by atoms with Crippen molar-refractivity contribution in [3.8, 4) is 0 Å². The highest BCUT2D eigenvalue weighted by molar-refractivity contribution is 6.34. The third-order valence-electron chi connectivity index (χ3n) is 2.94. The Balaban J connectivity index is 2.91. The van der Waals surface area contributed by atoms with Gasteiger partial charge in [0.2, 0.25) is 0 Å². The van der Waals surface area contributed by atoms with Crippen molar-refractivity contribution in [1.29, 1.82) is 0 Å². The number of nitrogens with one attached hydrogen (secondary N) is 1. The predicted molar refractivity (Wildman–Crippen MR) is 77.5 cm³/mol. The Morgan fingerprint density at radius 2 is 2.05 bits per heavy atom. The smallest absolute Gasteiger partial charge is 0.253 e. The average Bonchev–Trinajstić information content (AvgIpc) is 2.30. The predicted octanol–water partition coefficient (Wildman–Crippen LogP) is 4.25. The highest BCUT2D eigenvalue weighted by Gasteiger charge is 2.26. The fourth-order valence-corrected chi connectivity index (χ4v) is 2.18. The van der Waals surface area contributed by atoms with E-state index >= 15 is 0 Å². The monoisotopic (exact) mass is 305 g/mol. The first kappa shape index (κ1) is 16.3. The van der Waals surface area contributed by atoms with E-state index in [9.17, 15) is 9.18 Å². The molecule has 1 aromatic carbocycles. The Bertz CT molecular complexity index is 457. The summed E-state index contributed by atoms with van der Waals surface area (Å²) >= 11 is 11.6. The molecular weight excluding hydrogens is 288 g/mol. The molecule has 1 rings (SSSR count). The molecule has 0 heterocycles. The van der Waals surface area contributed by atoms with Gasteiger partial charge in [-0.05, 0) is 24.0 Å². The fraction of sp³-hybridized carbons (Fsp3) is 0.500. The summed E-state index contributed by atoms with van der Waals surface area (Å²) in [6, 6.07) is 4.08. The molecule has 1 unspecified atom stereocenters. The molecule has 0 aliphatic rings. The van der Waals surface area contributed by atoms with Gasteiger partial charge in [0.1, 0.15) is 5.82 Å². The van der Waals surface area contributed by atoms with E-state index in [1.54, 1.807) is 0 Å². The lowest BCUT2D eigenvalue weighted by Gasteiger charge is -2.31. The van der Waals surface area contributed by atoms with Crippen LogP contribution >= 0.6 is 23.2 Å². The fourth-order valence-electron chi connectivity index (χ4n) is 1.75. The molecule has 0 aliphatic heterocycles. The van der Waals surface area contributed by atoms with Crippen molar-refractivity contribution in [1.82, 2.24) is 5.32 Å². The van der Waals surface area contributed by atoms with E-state index in [-0.39, 0.29) is 28.0 Å². The molecule has 0 bridgehead atoms. The quantitative estimate of drug-likeness (QED) is 0.828. The van der Waals surface area contributed by atoms with E-state index in [1.807, 2.05) is 20.8 Å². The van der Waals surface area contributed by atoms with Crippen LogP contribution in [0.5, 0.6) is 0 Å². The molecular formula is C14H18Cl2FNO. The highest BCUT2D eigenvalue weighted by Crippen LogP contribution is 2.24. The van der Waals surface area contributed by atoms with Gasteiger partial charge in [0.05, 0.1) is 10.6 Å². The van der Waals surface area contributed by atoms with E-state index in [0.717, 1.165) is 0 Å². The molecule has 106 valence electrons. The van der Waals surface area contributed by atoms with Crippen LogP contribution in [0.2, 0.25) is 5.02 Å². The maximum Gasteiger partial charge on any atom is 0.253 e. The summed E-state index contributed by atoms with van der Waals surface area (Å²) in [7, 11) is 0. The summed E-state index contributed by atoms with van der Waals surface area (Å²) in [5, 5.41) is 2.71. The number of benzene rings is 1. The second-order valence-corrected chi connectivity index (χ2v) is 6.23. The van der Waals surface area contributed by atoms with Crippen LogP contribution in [-0.2, 0) is 0 Å². The maximum atomic E-state index is 13.3. The summed E-state index contributed by atoms with van der Waals surface area (Å²) in [4.78, 5) is 12.1. The normalized spacial score (nSPS) is 13.2. The summed E-state index contributed by atoms with van der Waals surface area (Å²) < 4.78 is 13.3. The summed E-state index contributed by atoms with van der Waals surface area (Å²) in [5.74, 6) is -0.535. The van der Waals surface area contributed by atoms with Crippen LogP contribution in [0, 0.1) is 11.2 Å². The Morgan fingerprint density at radius 3 is 2.58 bits per heavy atom. The molecule has 1 aromatic rings. The number of halogens is 3. The summed E-state index contributed by atoms with van der Waals surface area (Å²) in [6.45, 7) is 6.03. The van der Waals surface area contributed by atoms with Crippen molar-refractivity contribution in [2.45, 2.75) is 33.2 Å². The minimum Gasteiger partial charge on any atom is -0.349 e. The average molecular weight is 306 g/mol. The van der Waals surface area contributed by atoms with E-state index < -0.39 is 5.82 Å². The molecule has 0 aromatic heterocycles. The topological polar surface area (TPSA) is 29.1 Å². The molecule has 1 amide bonds. The van der Waals surface area contributed by atoms with Crippen molar-refractivity contribution in [3.05, 3.63) is 34.6 Å². The van der Waals surface area contributed by atoms with E-state index in [2.05, 4.69) is 5.32 Å². The third-order valence-corrected chi connectivity index (χ3v) is 3.55. The first-order chi connectivity index (χ1) is 8.77. The van der Waals surface area contributed by atoms with Crippen molar-refractivity contribution in [2.75, 3.05) is 5.88 Å². The van der Waals surface area contributed by atoms with Crippen LogP contribution in [0.25, 0.3) is 0 Å². The van der Waals surface area contributed by atoms with Gasteiger partial charge in [-0.25, -0.2) is 4.39 Å². The van der Waals surface area contributed by atoms with Gasteiger partial charge in [0.25, 0.3) is 5.91 Å². The number of hydrogen-bond donors (Lipinski definition) is 1. The second kappa shape index (κ2) is 6.58. The summed E-state index contributed by atoms with van der Waals surface area (Å²) in [5.41, 5.74) is 0.00940. The van der Waals surface area contributed by atoms with Gasteiger partial charge in [-0.15, -0.1) is 11.6 Å². The Labute approximate surface area is 123 Å². The molecule has 1 N–H and O–H groups in total. The van der Waals surface area contributed by atoms with Crippen LogP contribution in [0.15, 0.2) is 18.2 Å². The zero-order chi connectivity index (χ0) is 14.6. The Hall–Kier alpha value is -0.800. The lowest BCUT2D eigenvalue weighted by molar-refractivity contribution is 0.0900. The standard InChI is InChI=1S/C14H18Cl2FNO/c1-14(2,3)11(7-8-15)18-13(19)9-5-4-6-10(17)12(9)16/h4-6,11H,7-8H2,1-3H3,(H,18,19). The summed E-state index contributed by atoms with van der Waals surface area (Å²) in [6.07, 6.45) is 0.643. The highest BCUT2D eigenvalue weighted by atomic mass is 35.5. The largest absolute Gasteiger partial charge is 0.349 e. The lowest BCUT2D eigenvalue weighted by Crippen LogP contribution is -2.44. The van der Waals surface area contributed by atoms with Crippen molar-refractivity contribution < 1.29 is 9.18 Å².